The van der Waals surface area contributed by atoms with E-state index in [2.05, 4.69) is 37.4 Å². The molecule has 0 bridgehead atoms. The van der Waals surface area contributed by atoms with E-state index in [9.17, 15) is 9.18 Å². The number of hydrogen-bond acceptors (Lipinski definition) is 8. The zero-order chi connectivity index (χ0) is 22.5. The summed E-state index contributed by atoms with van der Waals surface area (Å²) in [6.07, 6.45) is 1.05. The predicted octanol–water partition coefficient (Wildman–Crippen LogP) is 2.97. The first-order chi connectivity index (χ1) is 15.5. The Bertz CT molecular complexity index is 1090. The molecule has 1 aliphatic heterocycles. The fraction of sp³-hybridized carbons (Fsp3) is 0.227. The molecule has 32 heavy (non-hydrogen) atoms. The van der Waals surface area contributed by atoms with E-state index in [4.69, 9.17) is 5.21 Å². The second-order valence-corrected chi connectivity index (χ2v) is 7.46. The number of nitrogens with one attached hydrogen (secondary N) is 3. The Labute approximate surface area is 184 Å². The zero-order valence-corrected chi connectivity index (χ0v) is 17.5. The van der Waals surface area contributed by atoms with Crippen LogP contribution in [0.1, 0.15) is 10.4 Å². The van der Waals surface area contributed by atoms with Crippen LogP contribution in [0.2, 0.25) is 0 Å². The zero-order valence-electron chi connectivity index (χ0n) is 17.5. The maximum Gasteiger partial charge on any atom is 0.276 e. The van der Waals surface area contributed by atoms with E-state index >= 15 is 0 Å². The van der Waals surface area contributed by atoms with Gasteiger partial charge >= 0.3 is 0 Å². The van der Waals surface area contributed by atoms with Gasteiger partial charge in [0, 0.05) is 37.6 Å². The van der Waals surface area contributed by atoms with Crippen LogP contribution in [0.15, 0.2) is 54.7 Å². The number of aromatic nitrogens is 2. The third kappa shape index (κ3) is 4.93. The van der Waals surface area contributed by atoms with Crippen LogP contribution in [0.3, 0.4) is 0 Å². The number of piperazine rings is 1. The van der Waals surface area contributed by atoms with E-state index in [-0.39, 0.29) is 17.3 Å². The Kier molecular flexibility index (Phi) is 6.43. The van der Waals surface area contributed by atoms with Crippen molar-refractivity contribution in [3.8, 4) is 0 Å². The van der Waals surface area contributed by atoms with Gasteiger partial charge < -0.3 is 20.4 Å². The number of halogens is 1. The molecule has 0 saturated carbocycles. The molecule has 1 aromatic heterocycles. The lowest BCUT2D eigenvalue weighted by Crippen LogP contribution is -2.44. The first-order valence-electron chi connectivity index (χ1n) is 10.2. The van der Waals surface area contributed by atoms with Crippen LogP contribution < -0.4 is 21.0 Å². The molecule has 166 valence electrons. The fourth-order valence-corrected chi connectivity index (χ4v) is 3.44. The number of amides is 1. The number of para-hydroxylation sites is 1. The molecule has 1 fully saturated rings. The van der Waals surface area contributed by atoms with Gasteiger partial charge in [0.05, 0.1) is 17.4 Å². The Morgan fingerprint density at radius 3 is 2.47 bits per heavy atom. The van der Waals surface area contributed by atoms with Crippen molar-refractivity contribution in [2.45, 2.75) is 0 Å². The minimum absolute atomic E-state index is 0.102. The number of nitrogens with zero attached hydrogens (tertiary/aromatic N) is 4. The Morgan fingerprint density at radius 1 is 1.03 bits per heavy atom. The fourth-order valence-electron chi connectivity index (χ4n) is 3.44. The summed E-state index contributed by atoms with van der Waals surface area (Å²) in [6.45, 7) is 4.02. The van der Waals surface area contributed by atoms with Gasteiger partial charge in [-0.2, -0.15) is 4.98 Å². The molecule has 1 amide bonds. The summed E-state index contributed by atoms with van der Waals surface area (Å²) in [5.41, 5.74) is 3.91. The van der Waals surface area contributed by atoms with Gasteiger partial charge in [0.2, 0.25) is 5.95 Å². The number of hydroxylamine groups is 1. The average Bonchev–Trinajstić information content (AvgIpc) is 2.82. The third-order valence-corrected chi connectivity index (χ3v) is 5.26. The van der Waals surface area contributed by atoms with Gasteiger partial charge in [-0.1, -0.05) is 12.1 Å². The van der Waals surface area contributed by atoms with Crippen LogP contribution in [-0.4, -0.2) is 59.2 Å². The molecule has 1 saturated heterocycles. The quantitative estimate of drug-likeness (QED) is 0.345. The molecule has 0 spiro atoms. The lowest BCUT2D eigenvalue weighted by Gasteiger charge is -2.34. The van der Waals surface area contributed by atoms with E-state index in [1.165, 1.54) is 6.07 Å². The second-order valence-electron chi connectivity index (χ2n) is 7.46. The van der Waals surface area contributed by atoms with Crippen molar-refractivity contribution in [2.75, 3.05) is 48.8 Å². The summed E-state index contributed by atoms with van der Waals surface area (Å²) in [4.78, 5) is 24.7. The minimum atomic E-state index is -0.721. The van der Waals surface area contributed by atoms with Crippen molar-refractivity contribution in [1.29, 1.82) is 0 Å². The standard InChI is InChI=1S/C22H24FN7O2/c1-29-10-12-30(13-11-29)16-8-6-15(7-9-16)25-22-24-14-18(23)20(27-22)26-19-5-3-2-4-17(19)21(31)28-32/h2-9,14,32H,10-13H2,1H3,(H,28,31)(H2,24,25,26,27). The number of rotatable bonds is 6. The van der Waals surface area contributed by atoms with E-state index in [1.807, 2.05) is 24.3 Å². The van der Waals surface area contributed by atoms with Gasteiger partial charge in [0.25, 0.3) is 5.91 Å². The number of anilines is 5. The van der Waals surface area contributed by atoms with Crippen molar-refractivity contribution in [2.24, 2.45) is 0 Å². The molecule has 2 heterocycles. The molecule has 0 unspecified atom stereocenters. The van der Waals surface area contributed by atoms with E-state index in [0.717, 1.165) is 43.8 Å². The van der Waals surface area contributed by atoms with Gasteiger partial charge in [-0.15, -0.1) is 0 Å². The highest BCUT2D eigenvalue weighted by Gasteiger charge is 2.15. The Balaban J connectivity index is 1.48. The molecule has 1 aliphatic rings. The van der Waals surface area contributed by atoms with Gasteiger partial charge in [-0.25, -0.2) is 14.9 Å². The van der Waals surface area contributed by atoms with Crippen molar-refractivity contribution in [3.05, 3.63) is 66.1 Å². The SMILES string of the molecule is CN1CCN(c2ccc(Nc3ncc(F)c(Nc4ccccc4C(=O)NO)n3)cc2)CC1. The first-order valence-corrected chi connectivity index (χ1v) is 10.2. The molecular weight excluding hydrogens is 413 g/mol. The van der Waals surface area contributed by atoms with Gasteiger partial charge in [0.15, 0.2) is 11.6 Å². The minimum Gasteiger partial charge on any atom is -0.369 e. The normalized spacial score (nSPS) is 14.2. The summed E-state index contributed by atoms with van der Waals surface area (Å²) in [5, 5.41) is 14.8. The smallest absolute Gasteiger partial charge is 0.276 e. The van der Waals surface area contributed by atoms with Crippen molar-refractivity contribution >= 4 is 34.7 Å². The molecule has 0 atom stereocenters. The van der Waals surface area contributed by atoms with E-state index in [0.29, 0.717) is 5.69 Å². The largest absolute Gasteiger partial charge is 0.369 e. The monoisotopic (exact) mass is 437 g/mol. The van der Waals surface area contributed by atoms with Gasteiger partial charge in [-0.05, 0) is 43.4 Å². The molecule has 10 heteroatoms. The van der Waals surface area contributed by atoms with Crippen molar-refractivity contribution in [1.82, 2.24) is 20.3 Å². The number of likely N-dealkylation sites (N-methyl/N-ethyl adjacent to an activating group) is 1. The number of hydrogen-bond donors (Lipinski definition) is 4. The second kappa shape index (κ2) is 9.58. The molecule has 2 aromatic carbocycles. The highest BCUT2D eigenvalue weighted by Crippen LogP contribution is 2.24. The molecular formula is C22H24FN7O2. The summed E-state index contributed by atoms with van der Waals surface area (Å²) >= 11 is 0. The van der Waals surface area contributed by atoms with Crippen LogP contribution in [-0.2, 0) is 0 Å². The van der Waals surface area contributed by atoms with Crippen LogP contribution in [0.4, 0.5) is 33.2 Å². The predicted molar refractivity (Wildman–Crippen MR) is 120 cm³/mol. The topological polar surface area (TPSA) is 106 Å². The molecule has 0 aliphatic carbocycles. The van der Waals surface area contributed by atoms with E-state index in [1.54, 1.807) is 23.7 Å². The molecule has 3 aromatic rings. The summed E-state index contributed by atoms with van der Waals surface area (Å²) < 4.78 is 14.3. The highest BCUT2D eigenvalue weighted by atomic mass is 19.1. The third-order valence-electron chi connectivity index (χ3n) is 5.26. The van der Waals surface area contributed by atoms with E-state index < -0.39 is 11.7 Å². The van der Waals surface area contributed by atoms with Gasteiger partial charge in [0.1, 0.15) is 0 Å². The Hall–Kier alpha value is -3.76. The number of carbonyl (C=O) groups excluding carboxylic acids is 1. The Morgan fingerprint density at radius 2 is 1.75 bits per heavy atom. The molecule has 4 N–H and O–H groups in total. The lowest BCUT2D eigenvalue weighted by atomic mass is 10.1. The van der Waals surface area contributed by atoms with Crippen molar-refractivity contribution in [3.63, 3.8) is 0 Å². The lowest BCUT2D eigenvalue weighted by molar-refractivity contribution is 0.0707. The van der Waals surface area contributed by atoms with Crippen LogP contribution in [0, 0.1) is 5.82 Å². The van der Waals surface area contributed by atoms with Crippen LogP contribution in [0.25, 0.3) is 0 Å². The first kappa shape index (κ1) is 21.5. The average molecular weight is 437 g/mol. The maximum absolute atomic E-state index is 14.3. The molecule has 9 nitrogen and oxygen atoms in total. The van der Waals surface area contributed by atoms with Crippen LogP contribution >= 0.6 is 0 Å². The highest BCUT2D eigenvalue weighted by molar-refractivity contribution is 5.99. The summed E-state index contributed by atoms with van der Waals surface area (Å²) in [7, 11) is 2.12. The summed E-state index contributed by atoms with van der Waals surface area (Å²) in [6, 6.07) is 14.3. The molecule has 0 radical (unpaired) electrons. The number of benzene rings is 2. The van der Waals surface area contributed by atoms with Crippen molar-refractivity contribution < 1.29 is 14.4 Å². The van der Waals surface area contributed by atoms with Gasteiger partial charge in [-0.3, -0.25) is 10.0 Å². The summed E-state index contributed by atoms with van der Waals surface area (Å²) in [5.74, 6) is -1.30. The molecule has 4 rings (SSSR count). The number of carbonyl (C=O) groups is 1. The maximum atomic E-state index is 14.3. The van der Waals surface area contributed by atoms with Crippen LogP contribution in [0.5, 0.6) is 0 Å².